The molecule has 7 heteroatoms. The highest BCUT2D eigenvalue weighted by Crippen LogP contribution is 2.39. The first kappa shape index (κ1) is 21.2. The van der Waals surface area contributed by atoms with Crippen LogP contribution in [0.5, 0.6) is 0 Å². The van der Waals surface area contributed by atoms with Crippen LogP contribution in [-0.2, 0) is 19.4 Å². The molecule has 0 radical (unpaired) electrons. The van der Waals surface area contributed by atoms with Gasteiger partial charge in [0.1, 0.15) is 11.6 Å². The van der Waals surface area contributed by atoms with E-state index in [-0.39, 0.29) is 0 Å². The topological polar surface area (TPSA) is 67.1 Å². The van der Waals surface area contributed by atoms with Crippen molar-refractivity contribution in [2.75, 3.05) is 25.1 Å². The number of nitrogen functional groups attached to an aromatic ring is 1. The Kier molecular flexibility index (Phi) is 6.04. The average Bonchev–Trinajstić information content (AvgIpc) is 3.01. The maximum Gasteiger partial charge on any atom is 0.188 e. The van der Waals surface area contributed by atoms with Gasteiger partial charge in [-0.3, -0.25) is 0 Å². The van der Waals surface area contributed by atoms with Crippen LogP contribution in [0.3, 0.4) is 0 Å². The number of thiazole rings is 1. The third-order valence-corrected chi connectivity index (χ3v) is 7.12. The van der Waals surface area contributed by atoms with Crippen LogP contribution in [0.2, 0.25) is 0 Å². The summed E-state index contributed by atoms with van der Waals surface area (Å²) in [5, 5.41) is 4.29. The fraction of sp³-hybridized carbons (Fsp3) is 0.391. The number of hydrogen-bond acceptors (Lipinski definition) is 7. The van der Waals surface area contributed by atoms with Crippen molar-refractivity contribution >= 4 is 39.9 Å². The highest BCUT2D eigenvalue weighted by molar-refractivity contribution is 7.99. The Morgan fingerprint density at radius 1 is 1.17 bits per heavy atom. The van der Waals surface area contributed by atoms with E-state index in [4.69, 9.17) is 10.7 Å². The average molecular weight is 440 g/mol. The van der Waals surface area contributed by atoms with E-state index in [2.05, 4.69) is 67.4 Å². The van der Waals surface area contributed by atoms with Crippen LogP contribution in [0.1, 0.15) is 36.4 Å². The van der Waals surface area contributed by atoms with Crippen molar-refractivity contribution in [3.05, 3.63) is 52.5 Å². The minimum atomic E-state index is 0.358. The smallest absolute Gasteiger partial charge is 0.188 e. The predicted molar refractivity (Wildman–Crippen MR) is 128 cm³/mol. The van der Waals surface area contributed by atoms with Crippen LogP contribution in [0.15, 0.2) is 46.2 Å². The van der Waals surface area contributed by atoms with Crippen LogP contribution in [0, 0.1) is 5.41 Å². The van der Waals surface area contributed by atoms with E-state index in [1.165, 1.54) is 27.5 Å². The Balaban J connectivity index is 1.51. The molecule has 0 aliphatic heterocycles. The Morgan fingerprint density at radius 2 is 2.00 bits per heavy atom. The number of benzene rings is 1. The number of hydrogen-bond donors (Lipinski definition) is 2. The van der Waals surface area contributed by atoms with Crippen molar-refractivity contribution in [3.63, 3.8) is 0 Å². The second-order valence-corrected chi connectivity index (χ2v) is 11.2. The number of nitrogens with zero attached hydrogens (tertiary/aromatic N) is 3. The first-order chi connectivity index (χ1) is 14.3. The molecule has 0 saturated heterocycles. The molecule has 0 fully saturated rings. The van der Waals surface area contributed by atoms with Crippen LogP contribution in [-0.4, -0.2) is 29.0 Å². The van der Waals surface area contributed by atoms with Gasteiger partial charge in [-0.25, -0.2) is 9.97 Å². The zero-order valence-electron chi connectivity index (χ0n) is 18.0. The maximum atomic E-state index is 6.11. The molecule has 5 nitrogen and oxygen atoms in total. The number of rotatable bonds is 6. The lowest BCUT2D eigenvalue weighted by Gasteiger charge is -2.28. The maximum absolute atomic E-state index is 6.11. The summed E-state index contributed by atoms with van der Waals surface area (Å²) < 4.78 is 0. The van der Waals surface area contributed by atoms with Crippen molar-refractivity contribution in [2.24, 2.45) is 5.41 Å². The number of aryl methyl sites for hydroxylation is 1. The molecule has 30 heavy (non-hydrogen) atoms. The lowest BCUT2D eigenvalue weighted by molar-refractivity contribution is 0.316. The SMILES string of the molecule is CN(C)Cc1cccc(Sc2cc(N)nc(Nc3nc4c(s3)CC(C)(C)CC4)c2)c1. The van der Waals surface area contributed by atoms with Gasteiger partial charge in [-0.1, -0.05) is 37.7 Å². The molecule has 3 N–H and O–H groups in total. The third kappa shape index (κ3) is 5.33. The van der Waals surface area contributed by atoms with Gasteiger partial charge in [0.2, 0.25) is 0 Å². The Hall–Kier alpha value is -2.09. The molecule has 0 unspecified atom stereocenters. The third-order valence-electron chi connectivity index (χ3n) is 5.14. The first-order valence-corrected chi connectivity index (χ1v) is 11.8. The van der Waals surface area contributed by atoms with Gasteiger partial charge in [-0.2, -0.15) is 0 Å². The molecular formula is C23H29N5S2. The molecule has 2 heterocycles. The molecule has 0 bridgehead atoms. The summed E-state index contributed by atoms with van der Waals surface area (Å²) in [7, 11) is 4.16. The van der Waals surface area contributed by atoms with Gasteiger partial charge in [0.15, 0.2) is 5.13 Å². The highest BCUT2D eigenvalue weighted by atomic mass is 32.2. The van der Waals surface area contributed by atoms with Crippen molar-refractivity contribution in [2.45, 2.75) is 49.4 Å². The minimum absolute atomic E-state index is 0.358. The molecule has 158 valence electrons. The largest absolute Gasteiger partial charge is 0.384 e. The second-order valence-electron chi connectivity index (χ2n) is 8.96. The van der Waals surface area contributed by atoms with Gasteiger partial charge < -0.3 is 16.0 Å². The minimum Gasteiger partial charge on any atom is -0.384 e. The van der Waals surface area contributed by atoms with Gasteiger partial charge >= 0.3 is 0 Å². The van der Waals surface area contributed by atoms with Gasteiger partial charge in [0, 0.05) is 21.2 Å². The summed E-state index contributed by atoms with van der Waals surface area (Å²) in [6.45, 7) is 5.59. The number of anilines is 3. The number of pyridine rings is 1. The summed E-state index contributed by atoms with van der Waals surface area (Å²) >= 11 is 3.44. The molecule has 1 aromatic carbocycles. The molecule has 2 aromatic heterocycles. The molecule has 1 aliphatic rings. The number of fused-ring (bicyclic) bond motifs is 1. The summed E-state index contributed by atoms with van der Waals surface area (Å²) in [6.07, 6.45) is 3.33. The summed E-state index contributed by atoms with van der Waals surface area (Å²) in [6, 6.07) is 12.6. The fourth-order valence-electron chi connectivity index (χ4n) is 3.72. The standard InChI is InChI=1S/C23H29N5S2/c1-23(2)9-8-18-19(13-23)30-22(25-18)27-21-12-17(11-20(24)26-21)29-16-7-5-6-15(10-16)14-28(3)4/h5-7,10-12H,8-9,13-14H2,1-4H3,(H3,24,25,26,27). The number of nitrogens with one attached hydrogen (secondary N) is 1. The zero-order valence-corrected chi connectivity index (χ0v) is 19.7. The molecule has 4 rings (SSSR count). The number of aromatic nitrogens is 2. The second kappa shape index (κ2) is 8.57. The quantitative estimate of drug-likeness (QED) is 0.522. The van der Waals surface area contributed by atoms with E-state index in [9.17, 15) is 0 Å². The van der Waals surface area contributed by atoms with Crippen LogP contribution in [0.4, 0.5) is 16.8 Å². The fourth-order valence-corrected chi connectivity index (χ4v) is 5.97. The normalized spacial score (nSPS) is 15.2. The van der Waals surface area contributed by atoms with E-state index in [0.29, 0.717) is 11.2 Å². The van der Waals surface area contributed by atoms with Gasteiger partial charge in [0.25, 0.3) is 0 Å². The number of nitrogens with two attached hydrogens (primary N) is 1. The highest BCUT2D eigenvalue weighted by Gasteiger charge is 2.28. The van der Waals surface area contributed by atoms with Gasteiger partial charge in [-0.15, -0.1) is 11.3 Å². The van der Waals surface area contributed by atoms with Crippen molar-refractivity contribution in [1.29, 1.82) is 0 Å². The monoisotopic (exact) mass is 439 g/mol. The van der Waals surface area contributed by atoms with E-state index >= 15 is 0 Å². The zero-order chi connectivity index (χ0) is 21.3. The van der Waals surface area contributed by atoms with Gasteiger partial charge in [0.05, 0.1) is 5.69 Å². The molecule has 0 spiro atoms. The summed E-state index contributed by atoms with van der Waals surface area (Å²) in [5.41, 5.74) is 8.99. The molecule has 1 aliphatic carbocycles. The van der Waals surface area contributed by atoms with Crippen molar-refractivity contribution < 1.29 is 0 Å². The summed E-state index contributed by atoms with van der Waals surface area (Å²) in [5.74, 6) is 1.25. The molecule has 0 atom stereocenters. The van der Waals surface area contributed by atoms with Crippen LogP contribution >= 0.6 is 23.1 Å². The van der Waals surface area contributed by atoms with Crippen LogP contribution in [0.25, 0.3) is 0 Å². The summed E-state index contributed by atoms with van der Waals surface area (Å²) in [4.78, 5) is 15.1. The van der Waals surface area contributed by atoms with E-state index in [1.807, 2.05) is 12.1 Å². The lowest BCUT2D eigenvalue weighted by Crippen LogP contribution is -2.20. The van der Waals surface area contributed by atoms with Crippen LogP contribution < -0.4 is 11.1 Å². The molecule has 0 amide bonds. The lowest BCUT2D eigenvalue weighted by atomic mass is 9.79. The van der Waals surface area contributed by atoms with E-state index in [0.717, 1.165) is 35.2 Å². The molecule has 0 saturated carbocycles. The van der Waals surface area contributed by atoms with Gasteiger partial charge in [-0.05, 0) is 68.6 Å². The first-order valence-electron chi connectivity index (χ1n) is 10.2. The Labute approximate surface area is 187 Å². The van der Waals surface area contributed by atoms with Crippen molar-refractivity contribution in [1.82, 2.24) is 14.9 Å². The molecule has 3 aromatic rings. The Morgan fingerprint density at radius 3 is 2.80 bits per heavy atom. The Bertz CT molecular complexity index is 1040. The van der Waals surface area contributed by atoms with E-state index in [1.54, 1.807) is 23.1 Å². The van der Waals surface area contributed by atoms with Crippen molar-refractivity contribution in [3.8, 4) is 0 Å². The predicted octanol–water partition coefficient (Wildman–Crippen LogP) is 5.59. The molecular weight excluding hydrogens is 410 g/mol. The van der Waals surface area contributed by atoms with E-state index < -0.39 is 0 Å².